The Balaban J connectivity index is 2.81. The lowest BCUT2D eigenvalue weighted by Gasteiger charge is -2.09. The zero-order valence-corrected chi connectivity index (χ0v) is 9.85. The van der Waals surface area contributed by atoms with Gasteiger partial charge < -0.3 is 10.8 Å². The van der Waals surface area contributed by atoms with Crippen LogP contribution in [-0.2, 0) is 12.8 Å². The lowest BCUT2D eigenvalue weighted by Crippen LogP contribution is -1.99. The van der Waals surface area contributed by atoms with Crippen LogP contribution in [0.4, 0.5) is 0 Å². The number of hydrogen-bond acceptors (Lipinski definition) is 2. The van der Waals surface area contributed by atoms with Crippen molar-refractivity contribution in [3.8, 4) is 5.75 Å². The van der Waals surface area contributed by atoms with Crippen LogP contribution in [0, 0.1) is 0 Å². The molecular weight excluding hydrogens is 210 g/mol. The van der Waals surface area contributed by atoms with Gasteiger partial charge in [0.2, 0.25) is 0 Å². The third-order valence-electron chi connectivity index (χ3n) is 2.51. The molecule has 15 heavy (non-hydrogen) atoms. The van der Waals surface area contributed by atoms with E-state index in [0.717, 1.165) is 36.8 Å². The predicted molar refractivity (Wildman–Crippen MR) is 64.5 cm³/mol. The van der Waals surface area contributed by atoms with Crippen molar-refractivity contribution in [2.24, 2.45) is 5.73 Å². The van der Waals surface area contributed by atoms with Crippen LogP contribution in [0.5, 0.6) is 5.75 Å². The highest BCUT2D eigenvalue weighted by Crippen LogP contribution is 2.28. The molecule has 0 aromatic heterocycles. The van der Waals surface area contributed by atoms with E-state index in [0.29, 0.717) is 17.3 Å². The standard InChI is InChI=1S/C12H18ClNO/c1-2-9-7-11(13)8-10(12(9)15)5-3-4-6-14/h7-8,15H,2-6,14H2,1H3. The fourth-order valence-corrected chi connectivity index (χ4v) is 1.90. The maximum atomic E-state index is 9.92. The molecule has 0 spiro atoms. The van der Waals surface area contributed by atoms with Gasteiger partial charge in [-0.05, 0) is 55.5 Å². The normalized spacial score (nSPS) is 10.6. The number of rotatable bonds is 5. The van der Waals surface area contributed by atoms with Gasteiger partial charge in [0.1, 0.15) is 5.75 Å². The highest BCUT2D eigenvalue weighted by Gasteiger charge is 2.07. The van der Waals surface area contributed by atoms with Gasteiger partial charge in [-0.15, -0.1) is 0 Å². The summed E-state index contributed by atoms with van der Waals surface area (Å²) < 4.78 is 0. The summed E-state index contributed by atoms with van der Waals surface area (Å²) in [7, 11) is 0. The summed E-state index contributed by atoms with van der Waals surface area (Å²) in [4.78, 5) is 0. The van der Waals surface area contributed by atoms with Gasteiger partial charge in [0, 0.05) is 5.02 Å². The number of phenolic OH excluding ortho intramolecular Hbond substituents is 1. The van der Waals surface area contributed by atoms with Crippen molar-refractivity contribution in [2.75, 3.05) is 6.54 Å². The van der Waals surface area contributed by atoms with Crippen LogP contribution in [0.3, 0.4) is 0 Å². The second-order valence-electron chi connectivity index (χ2n) is 3.67. The first kappa shape index (κ1) is 12.3. The van der Waals surface area contributed by atoms with Gasteiger partial charge in [0.25, 0.3) is 0 Å². The summed E-state index contributed by atoms with van der Waals surface area (Å²) in [5, 5.41) is 10.6. The monoisotopic (exact) mass is 227 g/mol. The summed E-state index contributed by atoms with van der Waals surface area (Å²) in [6.45, 7) is 2.71. The largest absolute Gasteiger partial charge is 0.507 e. The summed E-state index contributed by atoms with van der Waals surface area (Å²) in [6.07, 6.45) is 3.62. The SMILES string of the molecule is CCc1cc(Cl)cc(CCCCN)c1O. The van der Waals surface area contributed by atoms with Crippen molar-refractivity contribution in [3.05, 3.63) is 28.3 Å². The summed E-state index contributed by atoms with van der Waals surface area (Å²) in [6, 6.07) is 3.66. The Morgan fingerprint density at radius 1 is 1.27 bits per heavy atom. The Kier molecular flexibility index (Phi) is 4.92. The summed E-state index contributed by atoms with van der Waals surface area (Å²) >= 11 is 5.98. The molecule has 1 aromatic rings. The number of aromatic hydroxyl groups is 1. The van der Waals surface area contributed by atoms with Crippen molar-refractivity contribution in [2.45, 2.75) is 32.6 Å². The highest BCUT2D eigenvalue weighted by atomic mass is 35.5. The number of benzene rings is 1. The minimum Gasteiger partial charge on any atom is -0.507 e. The van der Waals surface area contributed by atoms with E-state index in [9.17, 15) is 5.11 Å². The summed E-state index contributed by atoms with van der Waals surface area (Å²) in [5.41, 5.74) is 7.29. The second-order valence-corrected chi connectivity index (χ2v) is 4.11. The van der Waals surface area contributed by atoms with Gasteiger partial charge in [0.05, 0.1) is 0 Å². The molecule has 0 heterocycles. The molecule has 0 bridgehead atoms. The molecule has 84 valence electrons. The Hall–Kier alpha value is -0.730. The third kappa shape index (κ3) is 3.40. The lowest BCUT2D eigenvalue weighted by molar-refractivity contribution is 0.460. The van der Waals surface area contributed by atoms with Gasteiger partial charge in [0.15, 0.2) is 0 Å². The zero-order valence-electron chi connectivity index (χ0n) is 9.09. The number of unbranched alkanes of at least 4 members (excludes halogenated alkanes) is 1. The number of halogens is 1. The minimum atomic E-state index is 0.402. The van der Waals surface area contributed by atoms with Gasteiger partial charge >= 0.3 is 0 Å². The van der Waals surface area contributed by atoms with Crippen LogP contribution < -0.4 is 5.73 Å². The second kappa shape index (κ2) is 5.99. The van der Waals surface area contributed by atoms with Gasteiger partial charge in [-0.1, -0.05) is 18.5 Å². The molecule has 0 saturated heterocycles. The molecule has 0 aliphatic heterocycles. The number of phenols is 1. The van der Waals surface area contributed by atoms with E-state index < -0.39 is 0 Å². The number of hydrogen-bond donors (Lipinski definition) is 2. The smallest absolute Gasteiger partial charge is 0.122 e. The first-order valence-electron chi connectivity index (χ1n) is 5.39. The molecule has 0 atom stereocenters. The van der Waals surface area contributed by atoms with E-state index in [1.54, 1.807) is 0 Å². The van der Waals surface area contributed by atoms with E-state index in [-0.39, 0.29) is 0 Å². The fraction of sp³-hybridized carbons (Fsp3) is 0.500. The van der Waals surface area contributed by atoms with E-state index in [2.05, 4.69) is 0 Å². The molecule has 1 aromatic carbocycles. The maximum absolute atomic E-state index is 9.92. The first-order valence-corrected chi connectivity index (χ1v) is 5.77. The van der Waals surface area contributed by atoms with Crippen molar-refractivity contribution in [3.63, 3.8) is 0 Å². The molecular formula is C12H18ClNO. The molecule has 0 fully saturated rings. The van der Waals surface area contributed by atoms with Gasteiger partial charge in [-0.2, -0.15) is 0 Å². The quantitative estimate of drug-likeness (QED) is 0.760. The Morgan fingerprint density at radius 3 is 2.53 bits per heavy atom. The molecule has 3 N–H and O–H groups in total. The van der Waals surface area contributed by atoms with Crippen LogP contribution in [0.25, 0.3) is 0 Å². The molecule has 0 aliphatic carbocycles. The molecule has 0 aliphatic rings. The maximum Gasteiger partial charge on any atom is 0.122 e. The molecule has 0 amide bonds. The molecule has 1 rings (SSSR count). The van der Waals surface area contributed by atoms with E-state index in [1.165, 1.54) is 0 Å². The zero-order chi connectivity index (χ0) is 11.3. The molecule has 0 radical (unpaired) electrons. The van der Waals surface area contributed by atoms with Crippen LogP contribution in [0.1, 0.15) is 30.9 Å². The van der Waals surface area contributed by atoms with Crippen molar-refractivity contribution >= 4 is 11.6 Å². The number of aryl methyl sites for hydroxylation is 2. The molecule has 2 nitrogen and oxygen atoms in total. The third-order valence-corrected chi connectivity index (χ3v) is 2.73. The highest BCUT2D eigenvalue weighted by molar-refractivity contribution is 6.30. The Morgan fingerprint density at radius 2 is 1.93 bits per heavy atom. The average molecular weight is 228 g/mol. The van der Waals surface area contributed by atoms with Crippen LogP contribution in [0.2, 0.25) is 5.02 Å². The predicted octanol–water partition coefficient (Wildman–Crippen LogP) is 2.89. The van der Waals surface area contributed by atoms with Crippen molar-refractivity contribution in [1.82, 2.24) is 0 Å². The lowest BCUT2D eigenvalue weighted by atomic mass is 10.0. The van der Waals surface area contributed by atoms with Crippen LogP contribution in [0.15, 0.2) is 12.1 Å². The van der Waals surface area contributed by atoms with Crippen LogP contribution in [-0.4, -0.2) is 11.7 Å². The van der Waals surface area contributed by atoms with Crippen LogP contribution >= 0.6 is 11.6 Å². The van der Waals surface area contributed by atoms with Gasteiger partial charge in [-0.3, -0.25) is 0 Å². The molecule has 0 unspecified atom stereocenters. The van der Waals surface area contributed by atoms with E-state index in [1.807, 2.05) is 19.1 Å². The van der Waals surface area contributed by atoms with Crippen molar-refractivity contribution in [1.29, 1.82) is 0 Å². The molecule has 3 heteroatoms. The van der Waals surface area contributed by atoms with E-state index in [4.69, 9.17) is 17.3 Å². The van der Waals surface area contributed by atoms with Crippen molar-refractivity contribution < 1.29 is 5.11 Å². The van der Waals surface area contributed by atoms with E-state index >= 15 is 0 Å². The summed E-state index contributed by atoms with van der Waals surface area (Å²) in [5.74, 6) is 0.402. The van der Waals surface area contributed by atoms with Gasteiger partial charge in [-0.25, -0.2) is 0 Å². The fourth-order valence-electron chi connectivity index (χ4n) is 1.64. The Bertz CT molecular complexity index is 326. The average Bonchev–Trinajstić information content (AvgIpc) is 2.23. The first-order chi connectivity index (χ1) is 7.19. The topological polar surface area (TPSA) is 46.2 Å². The molecule has 0 saturated carbocycles. The number of nitrogens with two attached hydrogens (primary N) is 1. The Labute approximate surface area is 96.1 Å². The minimum absolute atomic E-state index is 0.402.